The fourth-order valence-electron chi connectivity index (χ4n) is 2.41. The van der Waals surface area contributed by atoms with E-state index >= 15 is 0 Å². The molecule has 0 unspecified atom stereocenters. The van der Waals surface area contributed by atoms with Crippen LogP contribution in [0.5, 0.6) is 0 Å². The third-order valence-corrected chi connectivity index (χ3v) is 3.57. The van der Waals surface area contributed by atoms with Crippen molar-refractivity contribution in [2.24, 2.45) is 0 Å². The quantitative estimate of drug-likeness (QED) is 0.819. The zero-order valence-corrected chi connectivity index (χ0v) is 13.7. The molecule has 5 heteroatoms. The molecule has 0 aliphatic heterocycles. The van der Waals surface area contributed by atoms with Gasteiger partial charge in [0.25, 0.3) is 0 Å². The van der Waals surface area contributed by atoms with Crippen molar-refractivity contribution < 1.29 is 14.7 Å². The summed E-state index contributed by atoms with van der Waals surface area (Å²) in [7, 11) is 0. The maximum absolute atomic E-state index is 12.5. The average Bonchev–Trinajstić information content (AvgIpc) is 2.57. The summed E-state index contributed by atoms with van der Waals surface area (Å²) in [6.07, 6.45) is 0.257. The Morgan fingerprint density at radius 2 is 1.67 bits per heavy atom. The van der Waals surface area contributed by atoms with Gasteiger partial charge < -0.3 is 15.3 Å². The number of aliphatic hydroxyl groups is 1. The molecule has 2 aromatic rings. The van der Waals surface area contributed by atoms with E-state index in [2.05, 4.69) is 5.32 Å². The number of hydrogen-bond acceptors (Lipinski definition) is 3. The molecule has 2 N–H and O–H groups in total. The molecule has 0 heterocycles. The lowest BCUT2D eigenvalue weighted by atomic mass is 10.1. The molecule has 2 aromatic carbocycles. The van der Waals surface area contributed by atoms with Crippen LogP contribution in [0.15, 0.2) is 54.6 Å². The van der Waals surface area contributed by atoms with Gasteiger partial charge in [-0.25, -0.2) is 0 Å². The van der Waals surface area contributed by atoms with Crippen molar-refractivity contribution in [3.05, 3.63) is 65.7 Å². The second kappa shape index (κ2) is 8.84. The molecule has 0 saturated heterocycles. The van der Waals surface area contributed by atoms with E-state index in [4.69, 9.17) is 0 Å². The van der Waals surface area contributed by atoms with Crippen LogP contribution in [0, 0.1) is 0 Å². The number of hydrogen-bond donors (Lipinski definition) is 2. The molecule has 2 amide bonds. The van der Waals surface area contributed by atoms with Gasteiger partial charge in [-0.1, -0.05) is 42.5 Å². The summed E-state index contributed by atoms with van der Waals surface area (Å²) in [5.41, 5.74) is 2.60. The van der Waals surface area contributed by atoms with Gasteiger partial charge in [-0.3, -0.25) is 9.59 Å². The van der Waals surface area contributed by atoms with Crippen molar-refractivity contribution in [3.8, 4) is 0 Å². The van der Waals surface area contributed by atoms with Crippen molar-refractivity contribution in [1.82, 2.24) is 4.90 Å². The summed E-state index contributed by atoms with van der Waals surface area (Å²) in [5.74, 6) is -0.170. The number of carbonyl (C=O) groups is 2. The molecule has 0 aliphatic carbocycles. The molecule has 24 heavy (non-hydrogen) atoms. The van der Waals surface area contributed by atoms with E-state index in [1.54, 1.807) is 17.0 Å². The van der Waals surface area contributed by atoms with Crippen molar-refractivity contribution in [2.45, 2.75) is 19.9 Å². The molecule has 0 aromatic heterocycles. The minimum Gasteiger partial charge on any atom is -0.395 e. The lowest BCUT2D eigenvalue weighted by Crippen LogP contribution is -2.34. The Labute approximate surface area is 141 Å². The lowest BCUT2D eigenvalue weighted by molar-refractivity contribution is -0.131. The summed E-state index contributed by atoms with van der Waals surface area (Å²) in [6.45, 7) is 2.16. The molecule has 0 atom stereocenters. The van der Waals surface area contributed by atoms with Gasteiger partial charge >= 0.3 is 0 Å². The third-order valence-electron chi connectivity index (χ3n) is 3.57. The minimum atomic E-state index is -0.129. The predicted octanol–water partition coefficient (Wildman–Crippen LogP) is 2.21. The van der Waals surface area contributed by atoms with Gasteiger partial charge in [-0.05, 0) is 23.3 Å². The monoisotopic (exact) mass is 326 g/mol. The smallest absolute Gasteiger partial charge is 0.227 e. The van der Waals surface area contributed by atoms with E-state index in [0.29, 0.717) is 18.8 Å². The lowest BCUT2D eigenvalue weighted by Gasteiger charge is -2.22. The summed E-state index contributed by atoms with van der Waals surface area (Å²) in [5, 5.41) is 11.9. The second-order valence-corrected chi connectivity index (χ2v) is 5.58. The Morgan fingerprint density at radius 3 is 2.25 bits per heavy atom. The van der Waals surface area contributed by atoms with E-state index in [1.165, 1.54) is 6.92 Å². The fourth-order valence-corrected chi connectivity index (χ4v) is 2.41. The molecule has 0 saturated carbocycles. The van der Waals surface area contributed by atoms with Crippen LogP contribution in [-0.4, -0.2) is 35.0 Å². The fraction of sp³-hybridized carbons (Fsp3) is 0.263. The second-order valence-electron chi connectivity index (χ2n) is 5.58. The van der Waals surface area contributed by atoms with Crippen molar-refractivity contribution in [3.63, 3.8) is 0 Å². The van der Waals surface area contributed by atoms with Gasteiger partial charge in [0.2, 0.25) is 11.8 Å². The van der Waals surface area contributed by atoms with Crippen LogP contribution in [-0.2, 0) is 22.6 Å². The first-order valence-electron chi connectivity index (χ1n) is 7.87. The molecule has 0 fully saturated rings. The normalized spacial score (nSPS) is 10.2. The molecular formula is C19H22N2O3. The van der Waals surface area contributed by atoms with Gasteiger partial charge in [-0.2, -0.15) is 0 Å². The van der Waals surface area contributed by atoms with Crippen molar-refractivity contribution in [1.29, 1.82) is 0 Å². The van der Waals surface area contributed by atoms with E-state index in [1.807, 2.05) is 42.5 Å². The highest BCUT2D eigenvalue weighted by Gasteiger charge is 2.14. The number of nitrogens with zero attached hydrogens (tertiary/aromatic N) is 1. The average molecular weight is 326 g/mol. The van der Waals surface area contributed by atoms with Crippen LogP contribution in [0.2, 0.25) is 0 Å². The Morgan fingerprint density at radius 1 is 1.00 bits per heavy atom. The summed E-state index contributed by atoms with van der Waals surface area (Å²) in [6, 6.07) is 16.9. The number of amides is 2. The number of carbonyl (C=O) groups excluding carboxylic acids is 2. The van der Waals surface area contributed by atoms with Crippen LogP contribution in [0.25, 0.3) is 0 Å². The maximum Gasteiger partial charge on any atom is 0.227 e. The summed E-state index contributed by atoms with van der Waals surface area (Å²) >= 11 is 0. The maximum atomic E-state index is 12.5. The van der Waals surface area contributed by atoms with Crippen LogP contribution in [0.1, 0.15) is 18.1 Å². The Kier molecular flexibility index (Phi) is 6.51. The molecular weight excluding hydrogens is 304 g/mol. The molecule has 5 nitrogen and oxygen atoms in total. The van der Waals surface area contributed by atoms with Crippen LogP contribution in [0.4, 0.5) is 5.69 Å². The van der Waals surface area contributed by atoms with Crippen LogP contribution >= 0.6 is 0 Å². The van der Waals surface area contributed by atoms with Gasteiger partial charge in [0.15, 0.2) is 0 Å². The number of aliphatic hydroxyl groups excluding tert-OH is 1. The highest BCUT2D eigenvalue weighted by molar-refractivity contribution is 5.88. The largest absolute Gasteiger partial charge is 0.395 e. The highest BCUT2D eigenvalue weighted by Crippen LogP contribution is 2.12. The van der Waals surface area contributed by atoms with Gasteiger partial charge in [-0.15, -0.1) is 0 Å². The third kappa shape index (κ3) is 5.52. The Hall–Kier alpha value is -2.66. The number of anilines is 1. The first kappa shape index (κ1) is 17.7. The number of benzene rings is 2. The SMILES string of the molecule is CC(=O)Nc1ccc(CC(=O)N(CCO)Cc2ccccc2)cc1. The molecule has 0 bridgehead atoms. The first-order chi connectivity index (χ1) is 11.6. The first-order valence-corrected chi connectivity index (χ1v) is 7.87. The van der Waals surface area contributed by atoms with Gasteiger partial charge in [0, 0.05) is 25.7 Å². The van der Waals surface area contributed by atoms with Gasteiger partial charge in [0.05, 0.1) is 13.0 Å². The molecule has 2 rings (SSSR count). The zero-order chi connectivity index (χ0) is 17.4. The Balaban J connectivity index is 2.00. The highest BCUT2D eigenvalue weighted by atomic mass is 16.3. The number of nitrogens with one attached hydrogen (secondary N) is 1. The van der Waals surface area contributed by atoms with Crippen LogP contribution in [0.3, 0.4) is 0 Å². The van der Waals surface area contributed by atoms with Crippen molar-refractivity contribution >= 4 is 17.5 Å². The molecule has 0 spiro atoms. The summed E-state index contributed by atoms with van der Waals surface area (Å²) in [4.78, 5) is 25.2. The summed E-state index contributed by atoms with van der Waals surface area (Å²) < 4.78 is 0. The van der Waals surface area contributed by atoms with E-state index in [9.17, 15) is 14.7 Å². The molecule has 0 radical (unpaired) electrons. The topological polar surface area (TPSA) is 69.6 Å². The zero-order valence-electron chi connectivity index (χ0n) is 13.7. The number of rotatable bonds is 7. The van der Waals surface area contributed by atoms with Gasteiger partial charge in [0.1, 0.15) is 0 Å². The molecule has 0 aliphatic rings. The van der Waals surface area contributed by atoms with E-state index in [-0.39, 0.29) is 24.8 Å². The molecule has 126 valence electrons. The van der Waals surface area contributed by atoms with Crippen LogP contribution < -0.4 is 5.32 Å². The van der Waals surface area contributed by atoms with E-state index in [0.717, 1.165) is 11.1 Å². The predicted molar refractivity (Wildman–Crippen MR) is 93.4 cm³/mol. The van der Waals surface area contributed by atoms with Crippen molar-refractivity contribution in [2.75, 3.05) is 18.5 Å². The minimum absolute atomic E-state index is 0.0415. The standard InChI is InChI=1S/C19H22N2O3/c1-15(23)20-18-9-7-16(8-10-18)13-19(24)21(11-12-22)14-17-5-3-2-4-6-17/h2-10,22H,11-14H2,1H3,(H,20,23). The Bertz CT molecular complexity index is 669. The van der Waals surface area contributed by atoms with E-state index < -0.39 is 0 Å².